The molecule has 4 atom stereocenters. The zero-order chi connectivity index (χ0) is 16.4. The lowest BCUT2D eigenvalue weighted by Gasteiger charge is -2.21. The molecule has 0 aromatic rings. The summed E-state index contributed by atoms with van der Waals surface area (Å²) in [5, 5.41) is 0. The van der Waals surface area contributed by atoms with Crippen molar-refractivity contribution in [3.8, 4) is 0 Å². The molecule has 0 N–H and O–H groups in total. The van der Waals surface area contributed by atoms with Crippen molar-refractivity contribution >= 4 is 17.7 Å². The third kappa shape index (κ3) is 3.57. The lowest BCUT2D eigenvalue weighted by molar-refractivity contribution is -0.146. The third-order valence-electron chi connectivity index (χ3n) is 4.73. The number of Topliss-reactive ketones (excluding diaryl/α,β-unsaturated/α-hetero) is 1. The molecular formula is C17H24O5. The maximum atomic E-state index is 11.7. The predicted molar refractivity (Wildman–Crippen MR) is 79.9 cm³/mol. The van der Waals surface area contributed by atoms with Crippen molar-refractivity contribution < 1.29 is 23.9 Å². The molecule has 2 rings (SSSR count). The monoisotopic (exact) mass is 308 g/mol. The predicted octanol–water partition coefficient (Wildman–Crippen LogP) is 2.58. The van der Waals surface area contributed by atoms with Gasteiger partial charge in [-0.25, -0.2) is 0 Å². The van der Waals surface area contributed by atoms with Gasteiger partial charge < -0.3 is 9.47 Å². The zero-order valence-electron chi connectivity index (χ0n) is 13.7. The molecule has 1 saturated heterocycles. The fourth-order valence-electron chi connectivity index (χ4n) is 3.57. The molecule has 1 aliphatic carbocycles. The average Bonchev–Trinajstić information content (AvgIpc) is 2.56. The molecule has 0 amide bonds. The Kier molecular flexibility index (Phi) is 5.04. The van der Waals surface area contributed by atoms with Gasteiger partial charge in [-0.05, 0) is 32.3 Å². The minimum absolute atomic E-state index is 0.00390. The Hall–Kier alpha value is -1.65. The van der Waals surface area contributed by atoms with E-state index in [-0.39, 0.29) is 42.1 Å². The van der Waals surface area contributed by atoms with Gasteiger partial charge in [0.05, 0.1) is 5.92 Å². The Bertz CT molecular complexity index is 503. The summed E-state index contributed by atoms with van der Waals surface area (Å²) in [6.07, 6.45) is 1.84. The highest BCUT2D eigenvalue weighted by molar-refractivity contribution is 5.77. The molecule has 122 valence electrons. The smallest absolute Gasteiger partial charge is 0.309 e. The van der Waals surface area contributed by atoms with Gasteiger partial charge in [-0.1, -0.05) is 12.5 Å². The Morgan fingerprint density at radius 3 is 2.64 bits per heavy atom. The topological polar surface area (TPSA) is 69.7 Å². The molecule has 2 aliphatic rings. The number of carbonyl (C=O) groups is 3. The first kappa shape index (κ1) is 16.7. The molecule has 22 heavy (non-hydrogen) atoms. The fourth-order valence-corrected chi connectivity index (χ4v) is 3.57. The Balaban J connectivity index is 2.21. The summed E-state index contributed by atoms with van der Waals surface area (Å²) in [5.41, 5.74) is 2.09. The van der Waals surface area contributed by atoms with Gasteiger partial charge in [-0.2, -0.15) is 0 Å². The van der Waals surface area contributed by atoms with Gasteiger partial charge in [-0.3, -0.25) is 14.4 Å². The third-order valence-corrected chi connectivity index (χ3v) is 4.73. The highest BCUT2D eigenvalue weighted by Crippen LogP contribution is 2.40. The maximum absolute atomic E-state index is 11.7. The lowest BCUT2D eigenvalue weighted by atomic mass is 9.87. The van der Waals surface area contributed by atoms with E-state index < -0.39 is 6.10 Å². The van der Waals surface area contributed by atoms with Gasteiger partial charge in [0, 0.05) is 25.7 Å². The number of fused-ring (bicyclic) bond motifs is 1. The van der Waals surface area contributed by atoms with Gasteiger partial charge in [0.1, 0.15) is 18.0 Å². The number of ketones is 1. The first-order valence-corrected chi connectivity index (χ1v) is 7.85. The molecule has 0 aromatic heterocycles. The Morgan fingerprint density at radius 1 is 1.36 bits per heavy atom. The molecule has 0 radical (unpaired) electrons. The molecule has 0 saturated carbocycles. The van der Waals surface area contributed by atoms with Crippen molar-refractivity contribution in [2.24, 2.45) is 11.8 Å². The van der Waals surface area contributed by atoms with Crippen LogP contribution in [0.2, 0.25) is 0 Å². The van der Waals surface area contributed by atoms with Crippen LogP contribution in [0, 0.1) is 11.8 Å². The van der Waals surface area contributed by atoms with Crippen molar-refractivity contribution in [2.45, 2.75) is 65.6 Å². The van der Waals surface area contributed by atoms with Crippen molar-refractivity contribution in [1.29, 1.82) is 0 Å². The van der Waals surface area contributed by atoms with Crippen LogP contribution in [0.25, 0.3) is 0 Å². The molecule has 0 spiro atoms. The quantitative estimate of drug-likeness (QED) is 0.590. The van der Waals surface area contributed by atoms with E-state index in [1.165, 1.54) is 13.8 Å². The number of hydrogen-bond acceptors (Lipinski definition) is 5. The number of rotatable bonds is 4. The summed E-state index contributed by atoms with van der Waals surface area (Å²) in [4.78, 5) is 34.5. The number of ether oxygens (including phenoxy) is 2. The standard InChI is InChI=1S/C17H24O5/c1-9-7-15-14(11(3)17(20)22-15)6-5-13(9)16(8-10(2)18)21-12(4)19/h11,14-16H,5-8H2,1-4H3. The van der Waals surface area contributed by atoms with E-state index in [1.807, 2.05) is 13.8 Å². The second-order valence-corrected chi connectivity index (χ2v) is 6.48. The highest BCUT2D eigenvalue weighted by Gasteiger charge is 2.43. The van der Waals surface area contributed by atoms with Crippen LogP contribution in [0.4, 0.5) is 0 Å². The van der Waals surface area contributed by atoms with Crippen LogP contribution in [0.15, 0.2) is 11.1 Å². The molecule has 0 aromatic carbocycles. The average molecular weight is 308 g/mol. The zero-order valence-corrected chi connectivity index (χ0v) is 13.7. The van der Waals surface area contributed by atoms with E-state index >= 15 is 0 Å². The van der Waals surface area contributed by atoms with Crippen molar-refractivity contribution in [3.05, 3.63) is 11.1 Å². The molecule has 1 aliphatic heterocycles. The van der Waals surface area contributed by atoms with E-state index in [4.69, 9.17) is 9.47 Å². The van der Waals surface area contributed by atoms with Crippen LogP contribution < -0.4 is 0 Å². The van der Waals surface area contributed by atoms with Crippen LogP contribution in [0.3, 0.4) is 0 Å². The van der Waals surface area contributed by atoms with E-state index in [0.29, 0.717) is 6.42 Å². The van der Waals surface area contributed by atoms with Crippen LogP contribution in [0.1, 0.15) is 53.4 Å². The van der Waals surface area contributed by atoms with Crippen molar-refractivity contribution in [1.82, 2.24) is 0 Å². The molecule has 4 unspecified atom stereocenters. The van der Waals surface area contributed by atoms with Crippen LogP contribution in [-0.2, 0) is 23.9 Å². The summed E-state index contributed by atoms with van der Waals surface area (Å²) in [5.74, 6) is -0.384. The Morgan fingerprint density at radius 2 is 2.05 bits per heavy atom. The summed E-state index contributed by atoms with van der Waals surface area (Å²) >= 11 is 0. The van der Waals surface area contributed by atoms with Gasteiger partial charge in [-0.15, -0.1) is 0 Å². The maximum Gasteiger partial charge on any atom is 0.309 e. The lowest BCUT2D eigenvalue weighted by Crippen LogP contribution is -2.23. The summed E-state index contributed by atoms with van der Waals surface area (Å²) in [7, 11) is 0. The SMILES string of the molecule is CC(=O)CC(OC(C)=O)C1=C(C)CC2OC(=O)C(C)C2CC1. The molecule has 1 fully saturated rings. The molecule has 5 nitrogen and oxygen atoms in total. The summed E-state index contributed by atoms with van der Waals surface area (Å²) in [6, 6.07) is 0. The van der Waals surface area contributed by atoms with Gasteiger partial charge in [0.25, 0.3) is 0 Å². The summed E-state index contributed by atoms with van der Waals surface area (Å²) < 4.78 is 10.8. The Labute approximate surface area is 131 Å². The number of carbonyl (C=O) groups excluding carboxylic acids is 3. The van der Waals surface area contributed by atoms with Crippen molar-refractivity contribution in [2.75, 3.05) is 0 Å². The highest BCUT2D eigenvalue weighted by atomic mass is 16.6. The molecule has 5 heteroatoms. The normalized spacial score (nSPS) is 29.5. The van der Waals surface area contributed by atoms with Crippen molar-refractivity contribution in [3.63, 3.8) is 0 Å². The van der Waals surface area contributed by atoms with E-state index in [9.17, 15) is 14.4 Å². The van der Waals surface area contributed by atoms with E-state index in [2.05, 4.69) is 0 Å². The van der Waals surface area contributed by atoms with Gasteiger partial charge >= 0.3 is 11.9 Å². The molecule has 0 bridgehead atoms. The summed E-state index contributed by atoms with van der Waals surface area (Å²) in [6.45, 7) is 6.75. The largest absolute Gasteiger partial charge is 0.461 e. The van der Waals surface area contributed by atoms with E-state index in [0.717, 1.165) is 24.0 Å². The van der Waals surface area contributed by atoms with Gasteiger partial charge in [0.15, 0.2) is 0 Å². The van der Waals surface area contributed by atoms with Gasteiger partial charge in [0.2, 0.25) is 0 Å². The molecular weight excluding hydrogens is 284 g/mol. The first-order chi connectivity index (χ1) is 10.3. The minimum Gasteiger partial charge on any atom is -0.461 e. The minimum atomic E-state index is -0.486. The molecule has 1 heterocycles. The number of esters is 2. The first-order valence-electron chi connectivity index (χ1n) is 7.85. The van der Waals surface area contributed by atoms with Crippen LogP contribution >= 0.6 is 0 Å². The van der Waals surface area contributed by atoms with E-state index in [1.54, 1.807) is 0 Å². The van der Waals surface area contributed by atoms with Crippen LogP contribution in [-0.4, -0.2) is 29.9 Å². The van der Waals surface area contributed by atoms with Crippen LogP contribution in [0.5, 0.6) is 0 Å². The second kappa shape index (κ2) is 6.63. The fraction of sp³-hybridized carbons (Fsp3) is 0.706. The second-order valence-electron chi connectivity index (χ2n) is 6.48. The number of hydrogen-bond donors (Lipinski definition) is 0.